The third-order valence-corrected chi connectivity index (χ3v) is 2.37. The average molecular weight is 254 g/mol. The highest BCUT2D eigenvalue weighted by Crippen LogP contribution is 2.28. The third kappa shape index (κ3) is 3.27. The van der Waals surface area contributed by atoms with Crippen LogP contribution in [-0.4, -0.2) is 10.4 Å². The van der Waals surface area contributed by atoms with Crippen molar-refractivity contribution < 1.29 is 13.2 Å². The van der Waals surface area contributed by atoms with Crippen molar-refractivity contribution in [3.63, 3.8) is 0 Å². The highest BCUT2D eigenvalue weighted by atomic mass is 35.5. The van der Waals surface area contributed by atoms with Crippen LogP contribution in [0.25, 0.3) is 0 Å². The SMILES string of the molecule is O=c1cccc(C(F)(F)F)n1CCCCCl. The standard InChI is InChI=1S/C10H11ClF3NO/c11-6-1-2-7-15-8(10(12,13)14)4-3-5-9(15)16/h3-5H,1-2,6-7H2. The first-order chi connectivity index (χ1) is 7.46. The van der Waals surface area contributed by atoms with Gasteiger partial charge in [0.1, 0.15) is 5.69 Å². The van der Waals surface area contributed by atoms with E-state index < -0.39 is 17.4 Å². The number of unbranched alkanes of at least 4 members (excludes halogenated alkanes) is 1. The van der Waals surface area contributed by atoms with E-state index >= 15 is 0 Å². The number of pyridine rings is 1. The van der Waals surface area contributed by atoms with Gasteiger partial charge in [0.15, 0.2) is 0 Å². The van der Waals surface area contributed by atoms with Crippen LogP contribution < -0.4 is 5.56 Å². The molecule has 90 valence electrons. The Kier molecular flexibility index (Phi) is 4.41. The monoisotopic (exact) mass is 253 g/mol. The molecule has 0 aromatic carbocycles. The van der Waals surface area contributed by atoms with Crippen LogP contribution in [0.2, 0.25) is 0 Å². The fourth-order valence-electron chi connectivity index (χ4n) is 1.36. The Morgan fingerprint density at radius 1 is 1.25 bits per heavy atom. The molecule has 0 saturated heterocycles. The average Bonchev–Trinajstić information content (AvgIpc) is 2.19. The topological polar surface area (TPSA) is 22.0 Å². The molecule has 0 aliphatic rings. The summed E-state index contributed by atoms with van der Waals surface area (Å²) in [6.45, 7) is 0.0429. The number of halogens is 4. The Hall–Kier alpha value is -0.970. The number of nitrogens with zero attached hydrogens (tertiary/aromatic N) is 1. The van der Waals surface area contributed by atoms with E-state index in [2.05, 4.69) is 0 Å². The van der Waals surface area contributed by atoms with Gasteiger partial charge in [-0.1, -0.05) is 6.07 Å². The minimum Gasteiger partial charge on any atom is -0.304 e. The zero-order chi connectivity index (χ0) is 12.2. The zero-order valence-corrected chi connectivity index (χ0v) is 9.18. The van der Waals surface area contributed by atoms with Gasteiger partial charge < -0.3 is 4.57 Å². The van der Waals surface area contributed by atoms with Gasteiger partial charge in [-0.25, -0.2) is 0 Å². The van der Waals surface area contributed by atoms with Gasteiger partial charge in [0.25, 0.3) is 5.56 Å². The molecule has 1 rings (SSSR count). The van der Waals surface area contributed by atoms with E-state index in [1.54, 1.807) is 0 Å². The number of hydrogen-bond acceptors (Lipinski definition) is 1. The largest absolute Gasteiger partial charge is 0.431 e. The van der Waals surface area contributed by atoms with Gasteiger partial charge in [-0.15, -0.1) is 11.6 Å². The van der Waals surface area contributed by atoms with Gasteiger partial charge in [0.05, 0.1) is 0 Å². The van der Waals surface area contributed by atoms with E-state index in [1.165, 1.54) is 0 Å². The molecule has 2 nitrogen and oxygen atoms in total. The lowest BCUT2D eigenvalue weighted by molar-refractivity contribution is -0.144. The molecule has 16 heavy (non-hydrogen) atoms. The summed E-state index contributed by atoms with van der Waals surface area (Å²) in [4.78, 5) is 11.3. The second-order valence-electron chi connectivity index (χ2n) is 3.29. The van der Waals surface area contributed by atoms with Crippen LogP contribution in [0, 0.1) is 0 Å². The zero-order valence-electron chi connectivity index (χ0n) is 8.43. The molecule has 0 radical (unpaired) electrons. The molecule has 0 unspecified atom stereocenters. The molecule has 1 aromatic heterocycles. The molecule has 0 spiro atoms. The van der Waals surface area contributed by atoms with Gasteiger partial charge in [0.2, 0.25) is 0 Å². The molecular weight excluding hydrogens is 243 g/mol. The lowest BCUT2D eigenvalue weighted by Gasteiger charge is -2.14. The summed E-state index contributed by atoms with van der Waals surface area (Å²) in [6.07, 6.45) is -3.46. The van der Waals surface area contributed by atoms with Gasteiger partial charge in [0, 0.05) is 18.5 Å². The number of hydrogen-bond donors (Lipinski definition) is 0. The van der Waals surface area contributed by atoms with Crippen molar-refractivity contribution in [3.05, 3.63) is 34.2 Å². The molecule has 1 aromatic rings. The first-order valence-electron chi connectivity index (χ1n) is 4.80. The molecule has 0 aliphatic carbocycles. The number of rotatable bonds is 4. The summed E-state index contributed by atoms with van der Waals surface area (Å²) in [5, 5.41) is 0. The predicted octanol–water partition coefficient (Wildman–Crippen LogP) is 2.89. The predicted molar refractivity (Wildman–Crippen MR) is 55.7 cm³/mol. The van der Waals surface area contributed by atoms with E-state index in [0.717, 1.165) is 22.8 Å². The number of aromatic nitrogens is 1. The fourth-order valence-corrected chi connectivity index (χ4v) is 1.55. The highest BCUT2D eigenvalue weighted by Gasteiger charge is 2.33. The summed E-state index contributed by atoms with van der Waals surface area (Å²) in [6, 6.07) is 3.14. The lowest BCUT2D eigenvalue weighted by atomic mass is 10.3. The third-order valence-electron chi connectivity index (χ3n) is 2.11. The van der Waals surface area contributed by atoms with Crippen LogP contribution in [0.15, 0.2) is 23.0 Å². The molecule has 0 N–H and O–H groups in total. The van der Waals surface area contributed by atoms with Crippen molar-refractivity contribution in [1.29, 1.82) is 0 Å². The summed E-state index contributed by atoms with van der Waals surface area (Å²) >= 11 is 5.43. The second-order valence-corrected chi connectivity index (χ2v) is 3.67. The van der Waals surface area contributed by atoms with Crippen molar-refractivity contribution in [3.8, 4) is 0 Å². The molecule has 0 fully saturated rings. The Labute approximate surface area is 95.6 Å². The quantitative estimate of drug-likeness (QED) is 0.597. The first kappa shape index (κ1) is 13.1. The fraction of sp³-hybridized carbons (Fsp3) is 0.500. The normalized spacial score (nSPS) is 11.8. The Bertz CT molecular complexity index is 400. The smallest absolute Gasteiger partial charge is 0.304 e. The van der Waals surface area contributed by atoms with Crippen LogP contribution in [0.3, 0.4) is 0 Å². The second kappa shape index (κ2) is 5.39. The van der Waals surface area contributed by atoms with Crippen molar-refractivity contribution in [1.82, 2.24) is 4.57 Å². The number of alkyl halides is 4. The molecule has 0 amide bonds. The van der Waals surface area contributed by atoms with E-state index in [9.17, 15) is 18.0 Å². The minimum atomic E-state index is -4.50. The van der Waals surface area contributed by atoms with E-state index in [1.807, 2.05) is 0 Å². The Balaban J connectivity index is 3.00. The summed E-state index contributed by atoms with van der Waals surface area (Å²) in [5.74, 6) is 0.378. The van der Waals surface area contributed by atoms with Gasteiger partial charge >= 0.3 is 6.18 Å². The summed E-state index contributed by atoms with van der Waals surface area (Å²) < 4.78 is 38.4. The maximum Gasteiger partial charge on any atom is 0.431 e. The summed E-state index contributed by atoms with van der Waals surface area (Å²) in [5.41, 5.74) is -1.54. The molecule has 0 bridgehead atoms. The molecule has 1 heterocycles. The van der Waals surface area contributed by atoms with Crippen molar-refractivity contribution in [2.24, 2.45) is 0 Å². The molecular formula is C10H11ClF3NO. The first-order valence-corrected chi connectivity index (χ1v) is 5.33. The van der Waals surface area contributed by atoms with Gasteiger partial charge in [-0.3, -0.25) is 4.79 Å². The van der Waals surface area contributed by atoms with E-state index in [4.69, 9.17) is 11.6 Å². The van der Waals surface area contributed by atoms with E-state index in [0.29, 0.717) is 18.7 Å². The van der Waals surface area contributed by atoms with Crippen LogP contribution in [0.4, 0.5) is 13.2 Å². The van der Waals surface area contributed by atoms with Crippen LogP contribution in [0.1, 0.15) is 18.5 Å². The molecule has 0 saturated carbocycles. The maximum absolute atomic E-state index is 12.6. The molecule has 0 atom stereocenters. The molecule has 0 aliphatic heterocycles. The van der Waals surface area contributed by atoms with Crippen LogP contribution >= 0.6 is 11.6 Å². The van der Waals surface area contributed by atoms with Crippen LogP contribution in [-0.2, 0) is 12.7 Å². The molecule has 6 heteroatoms. The minimum absolute atomic E-state index is 0.0429. The van der Waals surface area contributed by atoms with E-state index in [-0.39, 0.29) is 6.54 Å². The van der Waals surface area contributed by atoms with Gasteiger partial charge in [-0.05, 0) is 18.9 Å². The van der Waals surface area contributed by atoms with Gasteiger partial charge in [-0.2, -0.15) is 13.2 Å². The lowest BCUT2D eigenvalue weighted by Crippen LogP contribution is -2.27. The summed E-state index contributed by atoms with van der Waals surface area (Å²) in [7, 11) is 0. The van der Waals surface area contributed by atoms with Crippen LogP contribution in [0.5, 0.6) is 0 Å². The Morgan fingerprint density at radius 2 is 1.94 bits per heavy atom. The highest BCUT2D eigenvalue weighted by molar-refractivity contribution is 6.17. The van der Waals surface area contributed by atoms with Crippen molar-refractivity contribution >= 4 is 11.6 Å². The maximum atomic E-state index is 12.6. The van der Waals surface area contributed by atoms with Crippen molar-refractivity contribution in [2.75, 3.05) is 5.88 Å². The Morgan fingerprint density at radius 3 is 2.50 bits per heavy atom. The van der Waals surface area contributed by atoms with Crippen molar-refractivity contribution in [2.45, 2.75) is 25.6 Å².